The van der Waals surface area contributed by atoms with Crippen LogP contribution in [0.2, 0.25) is 0 Å². The van der Waals surface area contributed by atoms with Crippen molar-refractivity contribution in [2.75, 3.05) is 32.7 Å². The average Bonchev–Trinajstić information content (AvgIpc) is 3.34. The van der Waals surface area contributed by atoms with E-state index in [0.29, 0.717) is 42.9 Å². The van der Waals surface area contributed by atoms with Crippen molar-refractivity contribution in [2.45, 2.75) is 25.8 Å². The number of piperazine rings is 1. The van der Waals surface area contributed by atoms with Crippen molar-refractivity contribution in [2.24, 2.45) is 0 Å². The second-order valence-corrected chi connectivity index (χ2v) is 8.10. The fourth-order valence-corrected chi connectivity index (χ4v) is 4.55. The summed E-state index contributed by atoms with van der Waals surface area (Å²) in [5.41, 5.74) is 2.33. The summed E-state index contributed by atoms with van der Waals surface area (Å²) >= 11 is 0. The van der Waals surface area contributed by atoms with Gasteiger partial charge in [-0.25, -0.2) is 0 Å². The van der Waals surface area contributed by atoms with Crippen molar-refractivity contribution < 1.29 is 19.2 Å². The molecular weight excluding hydrogens is 398 g/mol. The Hall–Kier alpha value is -3.49. The number of fused-ring (bicyclic) bond motifs is 2. The van der Waals surface area contributed by atoms with Crippen LogP contribution in [0.5, 0.6) is 0 Å². The second-order valence-electron chi connectivity index (χ2n) is 8.10. The number of rotatable bonds is 3. The molecule has 0 radical (unpaired) electrons. The fraction of sp³-hybridized carbons (Fsp3) is 0.409. The highest BCUT2D eigenvalue weighted by Gasteiger charge is 2.37. The summed E-state index contributed by atoms with van der Waals surface area (Å²) in [5.74, 6) is -1.21. The van der Waals surface area contributed by atoms with Gasteiger partial charge >= 0.3 is 0 Å². The van der Waals surface area contributed by atoms with Crippen LogP contribution in [-0.2, 0) is 17.8 Å². The Kier molecular flexibility index (Phi) is 4.80. The van der Waals surface area contributed by atoms with E-state index in [4.69, 9.17) is 0 Å². The van der Waals surface area contributed by atoms with E-state index >= 15 is 0 Å². The highest BCUT2D eigenvalue weighted by Crippen LogP contribution is 2.23. The molecule has 1 saturated heterocycles. The van der Waals surface area contributed by atoms with Crippen molar-refractivity contribution in [3.05, 3.63) is 52.8 Å². The van der Waals surface area contributed by atoms with Crippen LogP contribution in [0, 0.1) is 0 Å². The van der Waals surface area contributed by atoms with E-state index in [0.717, 1.165) is 36.4 Å². The van der Waals surface area contributed by atoms with Gasteiger partial charge in [0.25, 0.3) is 17.7 Å². The minimum atomic E-state index is -0.436. The molecule has 9 nitrogen and oxygen atoms in total. The van der Waals surface area contributed by atoms with Crippen molar-refractivity contribution >= 4 is 23.6 Å². The maximum Gasteiger partial charge on any atom is 0.262 e. The third-order valence-corrected chi connectivity index (χ3v) is 6.30. The van der Waals surface area contributed by atoms with E-state index in [2.05, 4.69) is 5.10 Å². The number of amides is 4. The number of aromatic nitrogens is 2. The first-order valence-electron chi connectivity index (χ1n) is 10.6. The highest BCUT2D eigenvalue weighted by atomic mass is 16.2. The lowest BCUT2D eigenvalue weighted by molar-refractivity contribution is -0.132. The van der Waals surface area contributed by atoms with Gasteiger partial charge in [0.15, 0.2) is 0 Å². The summed E-state index contributed by atoms with van der Waals surface area (Å²) in [4.78, 5) is 55.1. The van der Waals surface area contributed by atoms with Crippen molar-refractivity contribution in [3.8, 4) is 0 Å². The molecule has 5 rings (SSSR count). The molecule has 0 unspecified atom stereocenters. The molecule has 0 saturated carbocycles. The normalized spacial score (nSPS) is 18.3. The molecule has 31 heavy (non-hydrogen) atoms. The van der Waals surface area contributed by atoms with Crippen LogP contribution >= 0.6 is 0 Å². The molecular formula is C22H23N5O4. The van der Waals surface area contributed by atoms with Gasteiger partial charge in [-0.05, 0) is 31.4 Å². The third kappa shape index (κ3) is 3.30. The molecule has 4 heterocycles. The molecule has 0 N–H and O–H groups in total. The monoisotopic (exact) mass is 421 g/mol. The summed E-state index contributed by atoms with van der Waals surface area (Å²) in [5, 5.41) is 4.34. The second kappa shape index (κ2) is 7.64. The fourth-order valence-electron chi connectivity index (χ4n) is 4.55. The maximum atomic E-state index is 13.0. The molecule has 160 valence electrons. The first kappa shape index (κ1) is 19.5. The van der Waals surface area contributed by atoms with Gasteiger partial charge in [-0.2, -0.15) is 5.10 Å². The van der Waals surface area contributed by atoms with Gasteiger partial charge in [0.05, 0.1) is 28.6 Å². The van der Waals surface area contributed by atoms with Crippen molar-refractivity contribution in [1.29, 1.82) is 0 Å². The molecule has 0 aliphatic carbocycles. The molecule has 2 aromatic rings. The number of nitrogens with zero attached hydrogens (tertiary/aromatic N) is 5. The standard InChI is InChI=1S/C22H23N5O4/c28-19(14-26-21(30)15-5-1-2-6-16(15)22(26)31)24-9-11-25(12-10-24)20(29)17-13-23-27-8-4-3-7-18(17)27/h1-2,5-6,13H,3-4,7-12,14H2. The van der Waals surface area contributed by atoms with Gasteiger partial charge in [-0.3, -0.25) is 28.8 Å². The van der Waals surface area contributed by atoms with Gasteiger partial charge in [-0.1, -0.05) is 12.1 Å². The molecule has 1 fully saturated rings. The Morgan fingerprint density at radius 3 is 2.19 bits per heavy atom. The number of imide groups is 1. The largest absolute Gasteiger partial charge is 0.338 e. The van der Waals surface area contributed by atoms with Gasteiger partial charge in [-0.15, -0.1) is 0 Å². The van der Waals surface area contributed by atoms with Gasteiger partial charge in [0.2, 0.25) is 5.91 Å². The Balaban J connectivity index is 1.20. The van der Waals surface area contributed by atoms with Crippen LogP contribution in [0.4, 0.5) is 0 Å². The molecule has 1 aromatic heterocycles. The van der Waals surface area contributed by atoms with Crippen LogP contribution in [0.15, 0.2) is 30.5 Å². The first-order chi connectivity index (χ1) is 15.0. The lowest BCUT2D eigenvalue weighted by Gasteiger charge is -2.35. The van der Waals surface area contributed by atoms with Gasteiger partial charge in [0, 0.05) is 32.7 Å². The van der Waals surface area contributed by atoms with Gasteiger partial charge < -0.3 is 9.80 Å². The zero-order valence-electron chi connectivity index (χ0n) is 17.1. The summed E-state index contributed by atoms with van der Waals surface area (Å²) in [6, 6.07) is 6.59. The van der Waals surface area contributed by atoms with Crippen molar-refractivity contribution in [3.63, 3.8) is 0 Å². The number of hydrogen-bond acceptors (Lipinski definition) is 5. The molecule has 3 aliphatic heterocycles. The SMILES string of the molecule is O=C(CN1C(=O)c2ccccc2C1=O)N1CCN(C(=O)c2cnn3c2CCCC3)CC1. The van der Waals surface area contributed by atoms with E-state index in [1.807, 2.05) is 4.68 Å². The predicted molar refractivity (Wildman–Crippen MR) is 109 cm³/mol. The van der Waals surface area contributed by atoms with Crippen LogP contribution in [-0.4, -0.2) is 80.8 Å². The zero-order valence-corrected chi connectivity index (χ0v) is 17.1. The topological polar surface area (TPSA) is 95.8 Å². The van der Waals surface area contributed by atoms with Crippen LogP contribution < -0.4 is 0 Å². The van der Waals surface area contributed by atoms with Crippen LogP contribution in [0.25, 0.3) is 0 Å². The van der Waals surface area contributed by atoms with Crippen molar-refractivity contribution in [1.82, 2.24) is 24.5 Å². The molecule has 0 spiro atoms. The molecule has 1 aromatic carbocycles. The Morgan fingerprint density at radius 1 is 0.871 bits per heavy atom. The summed E-state index contributed by atoms with van der Waals surface area (Å²) in [6.07, 6.45) is 4.66. The summed E-state index contributed by atoms with van der Waals surface area (Å²) in [7, 11) is 0. The Bertz CT molecular complexity index is 1050. The molecule has 0 atom stereocenters. The molecule has 3 aliphatic rings. The number of carbonyl (C=O) groups excluding carboxylic acids is 4. The van der Waals surface area contributed by atoms with E-state index in [-0.39, 0.29) is 18.4 Å². The van der Waals surface area contributed by atoms with E-state index in [9.17, 15) is 19.2 Å². The number of carbonyl (C=O) groups is 4. The van der Waals surface area contributed by atoms with Crippen LogP contribution in [0.3, 0.4) is 0 Å². The Morgan fingerprint density at radius 2 is 1.52 bits per heavy atom. The minimum Gasteiger partial charge on any atom is -0.338 e. The number of hydrogen-bond donors (Lipinski definition) is 0. The zero-order chi connectivity index (χ0) is 21.5. The van der Waals surface area contributed by atoms with E-state index in [1.54, 1.807) is 40.3 Å². The van der Waals surface area contributed by atoms with Gasteiger partial charge in [0.1, 0.15) is 6.54 Å². The maximum absolute atomic E-state index is 13.0. The highest BCUT2D eigenvalue weighted by molar-refractivity contribution is 6.22. The smallest absolute Gasteiger partial charge is 0.262 e. The Labute approximate surface area is 179 Å². The molecule has 4 amide bonds. The van der Waals surface area contributed by atoms with E-state index in [1.165, 1.54) is 0 Å². The third-order valence-electron chi connectivity index (χ3n) is 6.30. The molecule has 9 heteroatoms. The summed E-state index contributed by atoms with van der Waals surface area (Å²) in [6.45, 7) is 2.14. The predicted octanol–water partition coefficient (Wildman–Crippen LogP) is 0.800. The lowest BCUT2D eigenvalue weighted by atomic mass is 10.1. The van der Waals surface area contributed by atoms with Crippen LogP contribution in [0.1, 0.15) is 49.6 Å². The van der Waals surface area contributed by atoms with E-state index < -0.39 is 11.8 Å². The average molecular weight is 421 g/mol. The number of aryl methyl sites for hydroxylation is 1. The summed E-state index contributed by atoms with van der Waals surface area (Å²) < 4.78 is 1.92. The lowest BCUT2D eigenvalue weighted by Crippen LogP contribution is -2.53. The minimum absolute atomic E-state index is 0.0457. The quantitative estimate of drug-likeness (QED) is 0.683. The number of benzene rings is 1. The molecule has 0 bridgehead atoms. The first-order valence-corrected chi connectivity index (χ1v) is 10.6.